The van der Waals surface area contributed by atoms with Crippen LogP contribution in [0, 0.1) is 13.8 Å². The highest BCUT2D eigenvalue weighted by atomic mass is 32.2. The summed E-state index contributed by atoms with van der Waals surface area (Å²) in [6.07, 6.45) is 0.802. The Kier molecular flexibility index (Phi) is 5.73. The largest absolute Gasteiger partial charge is 0.378 e. The van der Waals surface area contributed by atoms with Gasteiger partial charge in [-0.15, -0.1) is 11.3 Å². The molecule has 5 heterocycles. The smallest absolute Gasteiger partial charge is 0.253 e. The molecular weight excluding hydrogens is 446 g/mol. The van der Waals surface area contributed by atoms with Crippen LogP contribution < -0.4 is 0 Å². The van der Waals surface area contributed by atoms with Gasteiger partial charge in [-0.25, -0.2) is 9.67 Å². The number of carbonyl (C=O) groups is 1. The minimum Gasteiger partial charge on any atom is -0.378 e. The van der Waals surface area contributed by atoms with Crippen molar-refractivity contribution in [3.05, 3.63) is 27.9 Å². The summed E-state index contributed by atoms with van der Waals surface area (Å²) in [5.74, 6) is 1.00. The second-order valence-electron chi connectivity index (χ2n) is 8.86. The number of thiophene rings is 1. The molecule has 32 heavy (non-hydrogen) atoms. The fourth-order valence-electron chi connectivity index (χ4n) is 4.17. The lowest BCUT2D eigenvalue weighted by atomic mass is 9.95. The van der Waals surface area contributed by atoms with Crippen molar-refractivity contribution in [3.8, 4) is 5.95 Å². The quantitative estimate of drug-likeness (QED) is 0.425. The molecule has 5 rings (SSSR count). The van der Waals surface area contributed by atoms with Crippen LogP contribution in [0.25, 0.3) is 16.2 Å². The molecule has 0 atom stereocenters. The molecule has 2 aliphatic rings. The number of nitrogens with zero attached hydrogens (tertiary/aromatic N) is 5. The minimum atomic E-state index is -0.235. The third kappa shape index (κ3) is 4.16. The van der Waals surface area contributed by atoms with Gasteiger partial charge in [0.25, 0.3) is 5.95 Å². The first-order chi connectivity index (χ1) is 15.3. The van der Waals surface area contributed by atoms with Gasteiger partial charge in [0.15, 0.2) is 0 Å². The summed E-state index contributed by atoms with van der Waals surface area (Å²) in [6, 6.07) is 2.01. The van der Waals surface area contributed by atoms with E-state index < -0.39 is 0 Å². The Labute approximate surface area is 195 Å². The van der Waals surface area contributed by atoms with E-state index in [0.717, 1.165) is 33.1 Å². The van der Waals surface area contributed by atoms with E-state index in [1.807, 2.05) is 24.8 Å². The number of carbonyl (C=O) groups excluding carboxylic acids is 1. The van der Waals surface area contributed by atoms with Crippen molar-refractivity contribution < 1.29 is 14.3 Å². The van der Waals surface area contributed by atoms with Gasteiger partial charge in [0.05, 0.1) is 36.9 Å². The van der Waals surface area contributed by atoms with Crippen LogP contribution in [-0.2, 0) is 27.3 Å². The van der Waals surface area contributed by atoms with Gasteiger partial charge in [0.1, 0.15) is 9.86 Å². The van der Waals surface area contributed by atoms with E-state index >= 15 is 0 Å². The Morgan fingerprint density at radius 1 is 1.25 bits per heavy atom. The lowest BCUT2D eigenvalue weighted by Gasteiger charge is -2.30. The summed E-state index contributed by atoms with van der Waals surface area (Å²) in [7, 11) is 0. The zero-order valence-corrected chi connectivity index (χ0v) is 20.4. The molecule has 3 aromatic rings. The monoisotopic (exact) mass is 473 g/mol. The molecule has 1 fully saturated rings. The van der Waals surface area contributed by atoms with Gasteiger partial charge in [-0.05, 0) is 39.3 Å². The SMILES string of the molecule is Cc1cc(C)n(-c2nc(SCC(=O)N3CCOCC3)c3c4c(sc3n2)COC(C)(C)C4)n1. The van der Waals surface area contributed by atoms with Gasteiger partial charge in [0.2, 0.25) is 5.91 Å². The first kappa shape index (κ1) is 21.8. The molecule has 0 saturated carbocycles. The number of hydrogen-bond donors (Lipinski definition) is 0. The Balaban J connectivity index is 1.55. The molecule has 170 valence electrons. The third-order valence-corrected chi connectivity index (χ3v) is 7.84. The molecule has 0 N–H and O–H groups in total. The molecule has 2 aliphatic heterocycles. The fraction of sp³-hybridized carbons (Fsp3) is 0.545. The number of hydrogen-bond acceptors (Lipinski definition) is 8. The molecule has 0 aromatic carbocycles. The van der Waals surface area contributed by atoms with Crippen LogP contribution in [0.3, 0.4) is 0 Å². The Bertz CT molecular complexity index is 1180. The van der Waals surface area contributed by atoms with Crippen molar-refractivity contribution in [2.45, 2.75) is 51.3 Å². The van der Waals surface area contributed by atoms with Crippen LogP contribution in [0.5, 0.6) is 0 Å². The third-order valence-electron chi connectivity index (χ3n) is 5.78. The van der Waals surface area contributed by atoms with E-state index in [-0.39, 0.29) is 11.5 Å². The van der Waals surface area contributed by atoms with Crippen LogP contribution in [-0.4, -0.2) is 68.2 Å². The van der Waals surface area contributed by atoms with Crippen LogP contribution in [0.15, 0.2) is 11.1 Å². The number of fused-ring (bicyclic) bond motifs is 3. The van der Waals surface area contributed by atoms with Gasteiger partial charge in [-0.1, -0.05) is 11.8 Å². The van der Waals surface area contributed by atoms with E-state index in [9.17, 15) is 4.79 Å². The summed E-state index contributed by atoms with van der Waals surface area (Å²) in [6.45, 7) is 11.3. The molecule has 1 amide bonds. The second kappa shape index (κ2) is 8.40. The standard InChI is InChI=1S/C22H27N5O3S2/c1-13-9-14(2)27(25-13)21-23-19(31-12-17(28)26-5-7-29-8-6-26)18-15-10-22(3,4)30-11-16(15)32-20(18)24-21/h9H,5-8,10-12H2,1-4H3. The van der Waals surface area contributed by atoms with Crippen molar-refractivity contribution in [1.29, 1.82) is 0 Å². The summed E-state index contributed by atoms with van der Waals surface area (Å²) >= 11 is 3.15. The summed E-state index contributed by atoms with van der Waals surface area (Å²) in [5.41, 5.74) is 2.92. The molecule has 0 spiro atoms. The Morgan fingerprint density at radius 2 is 2.03 bits per heavy atom. The zero-order chi connectivity index (χ0) is 22.5. The molecule has 3 aromatic heterocycles. The van der Waals surface area contributed by atoms with Crippen LogP contribution in [0.4, 0.5) is 0 Å². The average Bonchev–Trinajstić information content (AvgIpc) is 3.30. The normalized spacial score (nSPS) is 18.2. The van der Waals surface area contributed by atoms with E-state index in [2.05, 4.69) is 18.9 Å². The average molecular weight is 474 g/mol. The van der Waals surface area contributed by atoms with E-state index in [1.54, 1.807) is 16.0 Å². The van der Waals surface area contributed by atoms with Crippen molar-refractivity contribution >= 4 is 39.2 Å². The number of thioether (sulfide) groups is 1. The van der Waals surface area contributed by atoms with Crippen LogP contribution >= 0.6 is 23.1 Å². The summed E-state index contributed by atoms with van der Waals surface area (Å²) < 4.78 is 13.2. The fourth-order valence-corrected chi connectivity index (χ4v) is 6.28. The maximum absolute atomic E-state index is 12.8. The number of ether oxygens (including phenoxy) is 2. The lowest BCUT2D eigenvalue weighted by Crippen LogP contribution is -2.41. The molecule has 0 unspecified atom stereocenters. The highest BCUT2D eigenvalue weighted by Crippen LogP contribution is 2.42. The van der Waals surface area contributed by atoms with Crippen LogP contribution in [0.1, 0.15) is 35.7 Å². The van der Waals surface area contributed by atoms with Gasteiger partial charge >= 0.3 is 0 Å². The van der Waals surface area contributed by atoms with Crippen molar-refractivity contribution in [3.63, 3.8) is 0 Å². The summed E-state index contributed by atoms with van der Waals surface area (Å²) in [4.78, 5) is 26.6. The highest BCUT2D eigenvalue weighted by Gasteiger charge is 2.31. The van der Waals surface area contributed by atoms with Gasteiger partial charge in [-0.2, -0.15) is 10.1 Å². The highest BCUT2D eigenvalue weighted by molar-refractivity contribution is 8.00. The van der Waals surface area contributed by atoms with Gasteiger partial charge < -0.3 is 14.4 Å². The lowest BCUT2D eigenvalue weighted by molar-refractivity contribution is -0.132. The Morgan fingerprint density at radius 3 is 2.75 bits per heavy atom. The first-order valence-corrected chi connectivity index (χ1v) is 12.6. The van der Waals surface area contributed by atoms with Gasteiger partial charge in [-0.3, -0.25) is 4.79 Å². The predicted molar refractivity (Wildman–Crippen MR) is 125 cm³/mol. The number of morpholine rings is 1. The second-order valence-corrected chi connectivity index (χ2v) is 10.9. The molecule has 0 aliphatic carbocycles. The Hall–Kier alpha value is -2.01. The molecule has 10 heteroatoms. The van der Waals surface area contributed by atoms with E-state index in [1.165, 1.54) is 22.2 Å². The maximum Gasteiger partial charge on any atom is 0.253 e. The predicted octanol–water partition coefficient (Wildman–Crippen LogP) is 3.30. The first-order valence-electron chi connectivity index (χ1n) is 10.8. The van der Waals surface area contributed by atoms with Crippen molar-refractivity contribution in [2.75, 3.05) is 32.1 Å². The minimum absolute atomic E-state index is 0.116. The number of aromatic nitrogens is 4. The zero-order valence-electron chi connectivity index (χ0n) is 18.8. The number of rotatable bonds is 4. The molecular formula is C22H27N5O3S2. The van der Waals surface area contributed by atoms with E-state index in [4.69, 9.17) is 19.4 Å². The van der Waals surface area contributed by atoms with E-state index in [0.29, 0.717) is 44.6 Å². The molecule has 0 radical (unpaired) electrons. The number of aryl methyl sites for hydroxylation is 2. The molecule has 0 bridgehead atoms. The maximum atomic E-state index is 12.8. The topological polar surface area (TPSA) is 82.4 Å². The van der Waals surface area contributed by atoms with Crippen molar-refractivity contribution in [2.24, 2.45) is 0 Å². The number of amides is 1. The van der Waals surface area contributed by atoms with Crippen LogP contribution in [0.2, 0.25) is 0 Å². The van der Waals surface area contributed by atoms with Gasteiger partial charge in [0, 0.05) is 35.5 Å². The molecule has 1 saturated heterocycles. The molecule has 8 nitrogen and oxygen atoms in total. The van der Waals surface area contributed by atoms with Crippen molar-refractivity contribution in [1.82, 2.24) is 24.6 Å². The summed E-state index contributed by atoms with van der Waals surface area (Å²) in [5, 5.41) is 6.48.